The van der Waals surface area contributed by atoms with Gasteiger partial charge in [-0.1, -0.05) is 11.6 Å². The summed E-state index contributed by atoms with van der Waals surface area (Å²) in [5, 5.41) is 3.37. The Labute approximate surface area is 188 Å². The van der Waals surface area contributed by atoms with Crippen molar-refractivity contribution in [2.75, 3.05) is 45.7 Å². The number of rotatable bonds is 8. The first-order valence-corrected chi connectivity index (χ1v) is 11.9. The molecule has 1 aromatic carbocycles. The van der Waals surface area contributed by atoms with Crippen LogP contribution in [-0.2, 0) is 14.8 Å². The second-order valence-electron chi connectivity index (χ2n) is 7.60. The quantitative estimate of drug-likeness (QED) is 0.643. The zero-order valence-electron chi connectivity index (χ0n) is 17.6. The number of carbonyl (C=O) groups is 1. The van der Waals surface area contributed by atoms with E-state index in [1.54, 1.807) is 24.3 Å². The van der Waals surface area contributed by atoms with Crippen LogP contribution in [0.1, 0.15) is 12.8 Å². The highest BCUT2D eigenvalue weighted by Gasteiger charge is 2.26. The highest BCUT2D eigenvalue weighted by atomic mass is 35.5. The largest absolute Gasteiger partial charge is 0.492 e. The van der Waals surface area contributed by atoms with Gasteiger partial charge in [-0.05, 0) is 55.8 Å². The van der Waals surface area contributed by atoms with Crippen molar-refractivity contribution in [2.24, 2.45) is 5.92 Å². The van der Waals surface area contributed by atoms with Crippen LogP contribution in [0.3, 0.4) is 0 Å². The van der Waals surface area contributed by atoms with E-state index in [2.05, 4.69) is 15.2 Å². The Kier molecular flexibility index (Phi) is 7.88. The molecule has 2 heterocycles. The fourth-order valence-corrected chi connectivity index (χ4v) is 4.38. The summed E-state index contributed by atoms with van der Waals surface area (Å²) in [7, 11) is -0.454. The van der Waals surface area contributed by atoms with Crippen molar-refractivity contribution in [1.82, 2.24) is 14.2 Å². The zero-order chi connectivity index (χ0) is 22.4. The molecule has 0 bridgehead atoms. The number of piperidine rings is 1. The molecule has 1 fully saturated rings. The van der Waals surface area contributed by atoms with Crippen molar-refractivity contribution in [3.63, 3.8) is 0 Å². The Morgan fingerprint density at radius 2 is 2.00 bits per heavy atom. The summed E-state index contributed by atoms with van der Waals surface area (Å²) in [4.78, 5) is 19.1. The van der Waals surface area contributed by atoms with Crippen LogP contribution in [0.4, 0.5) is 5.82 Å². The number of likely N-dealkylation sites (tertiary alicyclic amines) is 1. The van der Waals surface area contributed by atoms with Crippen LogP contribution in [0.2, 0.25) is 5.02 Å². The number of nitrogens with one attached hydrogen (secondary N) is 1. The second kappa shape index (κ2) is 10.4. The number of aromatic nitrogens is 1. The predicted molar refractivity (Wildman–Crippen MR) is 120 cm³/mol. The van der Waals surface area contributed by atoms with Crippen LogP contribution in [-0.4, -0.2) is 68.9 Å². The summed E-state index contributed by atoms with van der Waals surface area (Å²) in [6, 6.07) is 9.76. The van der Waals surface area contributed by atoms with Gasteiger partial charge in [0, 0.05) is 33.4 Å². The number of amides is 1. The molecule has 1 unspecified atom stereocenters. The first-order valence-electron chi connectivity index (χ1n) is 10.1. The zero-order valence-corrected chi connectivity index (χ0v) is 19.2. The fourth-order valence-electron chi connectivity index (χ4n) is 3.36. The van der Waals surface area contributed by atoms with Crippen LogP contribution < -0.4 is 10.1 Å². The molecule has 2 aromatic rings. The highest BCUT2D eigenvalue weighted by molar-refractivity contribution is 7.89. The molecule has 0 spiro atoms. The molecule has 1 amide bonds. The van der Waals surface area contributed by atoms with Crippen LogP contribution in [0, 0.1) is 5.92 Å². The second-order valence-corrected chi connectivity index (χ2v) is 10.2. The Morgan fingerprint density at radius 1 is 1.26 bits per heavy atom. The van der Waals surface area contributed by atoms with E-state index in [1.165, 1.54) is 36.7 Å². The highest BCUT2D eigenvalue weighted by Crippen LogP contribution is 2.20. The number of carbonyl (C=O) groups excluding carboxylic acids is 1. The lowest BCUT2D eigenvalue weighted by atomic mass is 9.97. The molecule has 31 heavy (non-hydrogen) atoms. The Hall–Kier alpha value is -2.20. The number of sulfonamides is 1. The van der Waals surface area contributed by atoms with Gasteiger partial charge in [0.15, 0.2) is 0 Å². The summed E-state index contributed by atoms with van der Waals surface area (Å²) in [6.45, 7) is 2.70. The van der Waals surface area contributed by atoms with Gasteiger partial charge < -0.3 is 10.1 Å². The summed E-state index contributed by atoms with van der Waals surface area (Å²) in [5.74, 6) is 0.951. The molecule has 1 aliphatic rings. The standard InChI is InChI=1S/C21H27ClN4O4S/c1-25(2)31(28,29)19-8-6-18(7-9-19)30-13-12-26-11-3-4-16(15-26)21(27)24-20-10-5-17(22)14-23-20/h5-10,14,16H,3-4,11-13,15H2,1-2H3,(H,23,24,27). The number of benzene rings is 1. The van der Waals surface area contributed by atoms with Crippen molar-refractivity contribution >= 4 is 33.3 Å². The Bertz CT molecular complexity index is 981. The number of nitrogens with zero attached hydrogens (tertiary/aromatic N) is 3. The maximum Gasteiger partial charge on any atom is 0.242 e. The number of ether oxygens (including phenoxy) is 1. The molecule has 0 radical (unpaired) electrons. The summed E-state index contributed by atoms with van der Waals surface area (Å²) in [5.41, 5.74) is 0. The molecule has 10 heteroatoms. The molecular weight excluding hydrogens is 440 g/mol. The first kappa shape index (κ1) is 23.5. The number of anilines is 1. The van der Waals surface area contributed by atoms with E-state index < -0.39 is 10.0 Å². The smallest absolute Gasteiger partial charge is 0.242 e. The lowest BCUT2D eigenvalue weighted by Gasteiger charge is -2.31. The molecule has 3 rings (SSSR count). The van der Waals surface area contributed by atoms with Crippen molar-refractivity contribution in [3.8, 4) is 5.75 Å². The van der Waals surface area contributed by atoms with E-state index in [1.807, 2.05) is 0 Å². The number of hydrogen-bond acceptors (Lipinski definition) is 6. The maximum atomic E-state index is 12.6. The minimum atomic E-state index is -3.45. The van der Waals surface area contributed by atoms with E-state index in [-0.39, 0.29) is 16.7 Å². The van der Waals surface area contributed by atoms with Gasteiger partial charge in [-0.15, -0.1) is 0 Å². The van der Waals surface area contributed by atoms with Crippen LogP contribution in [0.25, 0.3) is 0 Å². The molecule has 8 nitrogen and oxygen atoms in total. The molecule has 0 aliphatic carbocycles. The normalized spacial score (nSPS) is 17.5. The predicted octanol–water partition coefficient (Wildman–Crippen LogP) is 2.71. The molecular formula is C21H27ClN4O4S. The van der Waals surface area contributed by atoms with Gasteiger partial charge in [0.25, 0.3) is 0 Å². The Morgan fingerprint density at radius 3 is 2.65 bits per heavy atom. The number of hydrogen-bond donors (Lipinski definition) is 1. The van der Waals surface area contributed by atoms with Gasteiger partial charge in [-0.25, -0.2) is 17.7 Å². The Balaban J connectivity index is 1.46. The molecule has 1 N–H and O–H groups in total. The fraction of sp³-hybridized carbons (Fsp3) is 0.429. The minimum absolute atomic E-state index is 0.0434. The van der Waals surface area contributed by atoms with Crippen LogP contribution in [0.5, 0.6) is 5.75 Å². The van der Waals surface area contributed by atoms with E-state index in [9.17, 15) is 13.2 Å². The minimum Gasteiger partial charge on any atom is -0.492 e. The number of halogens is 1. The van der Waals surface area contributed by atoms with Crippen molar-refractivity contribution in [2.45, 2.75) is 17.7 Å². The van der Waals surface area contributed by atoms with E-state index >= 15 is 0 Å². The van der Waals surface area contributed by atoms with Gasteiger partial charge in [0.2, 0.25) is 15.9 Å². The van der Waals surface area contributed by atoms with Crippen molar-refractivity contribution in [1.29, 1.82) is 0 Å². The molecule has 1 aromatic heterocycles. The van der Waals surface area contributed by atoms with E-state index in [4.69, 9.17) is 16.3 Å². The molecule has 1 saturated heterocycles. The van der Waals surface area contributed by atoms with Crippen LogP contribution in [0.15, 0.2) is 47.5 Å². The third kappa shape index (κ3) is 6.39. The summed E-state index contributed by atoms with van der Waals surface area (Å²) < 4.78 is 31.2. The molecule has 1 atom stereocenters. The third-order valence-electron chi connectivity index (χ3n) is 5.13. The van der Waals surface area contributed by atoms with Crippen LogP contribution >= 0.6 is 11.6 Å². The van der Waals surface area contributed by atoms with E-state index in [0.717, 1.165) is 19.4 Å². The van der Waals surface area contributed by atoms with Gasteiger partial charge in [-0.2, -0.15) is 0 Å². The topological polar surface area (TPSA) is 91.8 Å². The van der Waals surface area contributed by atoms with E-state index in [0.29, 0.717) is 36.3 Å². The average molecular weight is 467 g/mol. The SMILES string of the molecule is CN(C)S(=O)(=O)c1ccc(OCCN2CCCC(C(=O)Nc3ccc(Cl)cn3)C2)cc1. The molecule has 0 saturated carbocycles. The molecule has 168 valence electrons. The van der Waals surface area contributed by atoms with Gasteiger partial charge >= 0.3 is 0 Å². The van der Waals surface area contributed by atoms with Crippen molar-refractivity contribution in [3.05, 3.63) is 47.6 Å². The average Bonchev–Trinajstić information content (AvgIpc) is 2.76. The molecule has 1 aliphatic heterocycles. The van der Waals surface area contributed by atoms with Gasteiger partial charge in [-0.3, -0.25) is 9.69 Å². The lowest BCUT2D eigenvalue weighted by molar-refractivity contribution is -0.121. The summed E-state index contributed by atoms with van der Waals surface area (Å²) in [6.07, 6.45) is 3.27. The summed E-state index contributed by atoms with van der Waals surface area (Å²) >= 11 is 5.83. The first-order chi connectivity index (χ1) is 14.8. The lowest BCUT2D eigenvalue weighted by Crippen LogP contribution is -2.42. The van der Waals surface area contributed by atoms with Gasteiger partial charge in [0.05, 0.1) is 15.8 Å². The van der Waals surface area contributed by atoms with Gasteiger partial charge in [0.1, 0.15) is 18.2 Å². The monoisotopic (exact) mass is 466 g/mol. The number of pyridine rings is 1. The third-order valence-corrected chi connectivity index (χ3v) is 7.19. The maximum absolute atomic E-state index is 12.6. The van der Waals surface area contributed by atoms with Crippen molar-refractivity contribution < 1.29 is 17.9 Å².